The molecule has 2 heterocycles. The normalized spacial score (nSPS) is 12.8. The van der Waals surface area contributed by atoms with Crippen LogP contribution in [0.15, 0.2) is 67.7 Å². The third-order valence-corrected chi connectivity index (χ3v) is 8.33. The summed E-state index contributed by atoms with van der Waals surface area (Å²) in [7, 11) is 0. The lowest BCUT2D eigenvalue weighted by Gasteiger charge is -2.20. The molecule has 0 atom stereocenters. The predicted octanol–water partition coefficient (Wildman–Crippen LogP) is 5.51. The van der Waals surface area contributed by atoms with Gasteiger partial charge in [-0.15, -0.1) is 0 Å². The minimum atomic E-state index is -0.669. The summed E-state index contributed by atoms with van der Waals surface area (Å²) in [6.45, 7) is 15.4. The van der Waals surface area contributed by atoms with Crippen LogP contribution >= 0.6 is 0 Å². The van der Waals surface area contributed by atoms with E-state index in [1.807, 2.05) is 65.8 Å². The molecule has 0 fully saturated rings. The molecular weight excluding hydrogens is 608 g/mol. The zero-order valence-corrected chi connectivity index (χ0v) is 28.9. The van der Waals surface area contributed by atoms with Crippen molar-refractivity contribution in [1.82, 2.24) is 19.5 Å². The highest BCUT2D eigenvalue weighted by Gasteiger charge is 2.26. The lowest BCUT2D eigenvalue weighted by atomic mass is 9.95. The molecule has 0 saturated carbocycles. The van der Waals surface area contributed by atoms with E-state index in [-0.39, 0.29) is 40.7 Å². The molecule has 5 rings (SSSR count). The molecule has 0 bridgehead atoms. The number of rotatable bonds is 8. The highest BCUT2D eigenvalue weighted by Crippen LogP contribution is 2.24. The summed E-state index contributed by atoms with van der Waals surface area (Å²) in [6, 6.07) is 11.1. The Morgan fingerprint density at radius 2 is 1.12 bits per heavy atom. The molecule has 0 radical (unpaired) electrons. The monoisotopic (exact) mass is 652 g/mol. The molecule has 10 heteroatoms. The molecule has 3 N–H and O–H groups in total. The summed E-state index contributed by atoms with van der Waals surface area (Å²) in [5.74, 6) is -0.685. The maximum Gasteiger partial charge on any atom is 0.328 e. The van der Waals surface area contributed by atoms with E-state index < -0.39 is 22.5 Å². The number of ketones is 2. The van der Waals surface area contributed by atoms with Crippen molar-refractivity contribution >= 4 is 11.6 Å². The van der Waals surface area contributed by atoms with Gasteiger partial charge in [-0.05, 0) is 82.6 Å². The average molecular weight is 653 g/mol. The van der Waals surface area contributed by atoms with Crippen molar-refractivity contribution in [2.24, 2.45) is 5.92 Å². The van der Waals surface area contributed by atoms with Crippen molar-refractivity contribution in [3.8, 4) is 0 Å². The Morgan fingerprint density at radius 1 is 0.667 bits per heavy atom. The quantitative estimate of drug-likeness (QED) is 0.169. The number of allylic oxidation sites excluding steroid dienone is 2. The van der Waals surface area contributed by atoms with Gasteiger partial charge in [0.2, 0.25) is 11.6 Å². The fourth-order valence-electron chi connectivity index (χ4n) is 6.34. The first-order valence-corrected chi connectivity index (χ1v) is 16.2. The van der Waals surface area contributed by atoms with Gasteiger partial charge in [0.15, 0.2) is 0 Å². The Bertz CT molecular complexity index is 2090. The van der Waals surface area contributed by atoms with Gasteiger partial charge in [-0.1, -0.05) is 74.2 Å². The largest absolute Gasteiger partial charge is 0.328 e. The van der Waals surface area contributed by atoms with Crippen LogP contribution in [0.1, 0.15) is 118 Å². The van der Waals surface area contributed by atoms with Crippen molar-refractivity contribution in [3.05, 3.63) is 146 Å². The molecule has 0 saturated heterocycles. The van der Waals surface area contributed by atoms with Gasteiger partial charge in [-0.2, -0.15) is 0 Å². The summed E-state index contributed by atoms with van der Waals surface area (Å²) >= 11 is 0. The van der Waals surface area contributed by atoms with Gasteiger partial charge in [0.25, 0.3) is 11.1 Å². The summed E-state index contributed by atoms with van der Waals surface area (Å²) in [6.07, 6.45) is 5.94. The van der Waals surface area contributed by atoms with E-state index in [0.29, 0.717) is 28.8 Å². The van der Waals surface area contributed by atoms with E-state index in [1.165, 1.54) is 4.57 Å². The van der Waals surface area contributed by atoms with E-state index in [2.05, 4.69) is 27.1 Å². The molecule has 48 heavy (non-hydrogen) atoms. The van der Waals surface area contributed by atoms with Crippen LogP contribution in [0.5, 0.6) is 0 Å². The van der Waals surface area contributed by atoms with Gasteiger partial charge in [0.1, 0.15) is 5.69 Å². The van der Waals surface area contributed by atoms with E-state index >= 15 is 0 Å². The lowest BCUT2D eigenvalue weighted by Crippen LogP contribution is -2.39. The molecule has 1 aliphatic rings. The van der Waals surface area contributed by atoms with Crippen LogP contribution in [0.2, 0.25) is 0 Å². The SMILES string of the molecule is Cc1cc(C)cc(C(=O)c2[nH]c(=O)[nH]c(=O)c2C(C)C)c1.Cc1cc(C)cc(C(=O)c2c(C(C)C)c(=O)[nH]c(=O)n2CC2CC=CC2)c1. The number of H-pyrrole nitrogens is 3. The minimum absolute atomic E-state index is 0.0729. The summed E-state index contributed by atoms with van der Waals surface area (Å²) in [4.78, 5) is 81.8. The predicted molar refractivity (Wildman–Crippen MR) is 188 cm³/mol. The van der Waals surface area contributed by atoms with Gasteiger partial charge < -0.3 is 4.98 Å². The first-order valence-electron chi connectivity index (χ1n) is 16.2. The molecule has 0 spiro atoms. The Morgan fingerprint density at radius 3 is 1.60 bits per heavy atom. The van der Waals surface area contributed by atoms with Crippen LogP contribution in [-0.2, 0) is 6.54 Å². The summed E-state index contributed by atoms with van der Waals surface area (Å²) < 4.78 is 1.48. The Balaban J connectivity index is 0.000000224. The Labute approximate surface area is 279 Å². The lowest BCUT2D eigenvalue weighted by molar-refractivity contribution is 0.102. The number of hydrogen-bond acceptors (Lipinski definition) is 6. The van der Waals surface area contributed by atoms with Crippen LogP contribution in [0.25, 0.3) is 0 Å². The highest BCUT2D eigenvalue weighted by molar-refractivity contribution is 6.09. The molecule has 2 aromatic heterocycles. The van der Waals surface area contributed by atoms with Crippen molar-refractivity contribution in [1.29, 1.82) is 0 Å². The smallest absolute Gasteiger partial charge is 0.304 e. The van der Waals surface area contributed by atoms with Gasteiger partial charge in [-0.3, -0.25) is 33.7 Å². The van der Waals surface area contributed by atoms with Crippen molar-refractivity contribution in [2.75, 3.05) is 0 Å². The molecule has 1 aliphatic carbocycles. The van der Waals surface area contributed by atoms with Crippen molar-refractivity contribution in [3.63, 3.8) is 0 Å². The zero-order chi connectivity index (χ0) is 35.4. The van der Waals surface area contributed by atoms with Crippen LogP contribution in [0.3, 0.4) is 0 Å². The number of aryl methyl sites for hydroxylation is 4. The third kappa shape index (κ3) is 8.05. The van der Waals surface area contributed by atoms with Crippen LogP contribution in [-0.4, -0.2) is 31.1 Å². The average Bonchev–Trinajstić information content (AvgIpc) is 3.49. The Kier molecular flexibility index (Phi) is 11.0. The minimum Gasteiger partial charge on any atom is -0.304 e. The number of aromatic amines is 3. The molecular formula is C38H44N4O6. The number of aromatic nitrogens is 4. The highest BCUT2D eigenvalue weighted by atomic mass is 16.2. The molecule has 4 aromatic rings. The number of nitrogens with one attached hydrogen (secondary N) is 3. The van der Waals surface area contributed by atoms with Crippen molar-refractivity contribution < 1.29 is 9.59 Å². The van der Waals surface area contributed by atoms with Gasteiger partial charge in [0.05, 0.1) is 5.69 Å². The second-order valence-corrected chi connectivity index (χ2v) is 13.4. The van der Waals surface area contributed by atoms with Crippen LogP contribution in [0.4, 0.5) is 0 Å². The van der Waals surface area contributed by atoms with E-state index in [1.54, 1.807) is 26.0 Å². The topological polar surface area (TPSA) is 155 Å². The number of carbonyl (C=O) groups is 2. The van der Waals surface area contributed by atoms with E-state index in [9.17, 15) is 28.8 Å². The summed E-state index contributed by atoms with van der Waals surface area (Å²) in [5.41, 5.74) is 3.67. The fourth-order valence-corrected chi connectivity index (χ4v) is 6.34. The standard InChI is InChI=1S/C22H26N2O3.C16H18N2O3/c1-13(2)18-19(20(25)17-10-14(3)9-15(4)11-17)24(22(27)23-21(18)26)12-16-7-5-6-8-16;1-8(2)12-13(17-16(21)18-15(12)20)14(19)11-6-9(3)5-10(4)7-11/h5-6,9-11,13,16H,7-8,12H2,1-4H3,(H,23,26,27);5-8H,1-4H3,(H2,17,18,20,21). The molecule has 0 unspecified atom stereocenters. The first-order chi connectivity index (χ1) is 22.6. The van der Waals surface area contributed by atoms with Crippen molar-refractivity contribution in [2.45, 2.75) is 86.6 Å². The number of benzene rings is 2. The number of hydrogen-bond donors (Lipinski definition) is 3. The maximum absolute atomic E-state index is 13.4. The van der Waals surface area contributed by atoms with Gasteiger partial charge in [0, 0.05) is 28.8 Å². The van der Waals surface area contributed by atoms with E-state index in [4.69, 9.17) is 0 Å². The second kappa shape index (κ2) is 14.8. The number of carbonyl (C=O) groups excluding carboxylic acids is 2. The molecule has 0 amide bonds. The molecule has 10 nitrogen and oxygen atoms in total. The summed E-state index contributed by atoms with van der Waals surface area (Å²) in [5, 5.41) is 0. The fraction of sp³-hybridized carbons (Fsp3) is 0.368. The first kappa shape index (κ1) is 35.7. The van der Waals surface area contributed by atoms with Gasteiger partial charge >= 0.3 is 11.4 Å². The van der Waals surface area contributed by atoms with Gasteiger partial charge in [-0.25, -0.2) is 9.59 Å². The third-order valence-electron chi connectivity index (χ3n) is 8.33. The van der Waals surface area contributed by atoms with E-state index in [0.717, 1.165) is 35.1 Å². The Hall–Kier alpha value is -5.12. The molecule has 252 valence electrons. The zero-order valence-electron chi connectivity index (χ0n) is 28.9. The number of nitrogens with zero attached hydrogens (tertiary/aromatic N) is 1. The maximum atomic E-state index is 13.4. The molecule has 0 aliphatic heterocycles. The van der Waals surface area contributed by atoms with Crippen LogP contribution in [0, 0.1) is 33.6 Å². The second-order valence-electron chi connectivity index (χ2n) is 13.4. The van der Waals surface area contributed by atoms with Crippen LogP contribution < -0.4 is 22.5 Å². The molecule has 2 aromatic carbocycles.